The molecule has 0 aromatic carbocycles. The normalized spacial score (nSPS) is 32.3. The van der Waals surface area contributed by atoms with Crippen molar-refractivity contribution >= 4 is 12.1 Å². The van der Waals surface area contributed by atoms with Crippen LogP contribution in [0.5, 0.6) is 0 Å². The second kappa shape index (κ2) is 3.72. The van der Waals surface area contributed by atoms with Crippen LogP contribution in [0.2, 0.25) is 0 Å². The van der Waals surface area contributed by atoms with Crippen LogP contribution in [0.15, 0.2) is 0 Å². The third kappa shape index (κ3) is 1.91. The molecule has 1 aliphatic heterocycles. The van der Waals surface area contributed by atoms with Gasteiger partial charge in [-0.3, -0.25) is 4.79 Å². The first-order valence-corrected chi connectivity index (χ1v) is 5.27. The molecule has 0 aromatic rings. The number of carboxylic acid groups (broad SMARTS) is 1. The maximum Gasteiger partial charge on any atom is 0.407 e. The monoisotopic (exact) mass is 213 g/mol. The van der Waals surface area contributed by atoms with Crippen molar-refractivity contribution in [1.82, 2.24) is 4.90 Å². The largest absolute Gasteiger partial charge is 0.466 e. The Bertz CT molecular complexity index is 279. The number of nitrogens with zero attached hydrogens (tertiary/aromatic N) is 1. The zero-order valence-electron chi connectivity index (χ0n) is 8.68. The third-order valence-electron chi connectivity index (χ3n) is 3.35. The number of piperidine rings is 1. The van der Waals surface area contributed by atoms with E-state index in [-0.39, 0.29) is 5.97 Å². The molecule has 3 atom stereocenters. The number of amides is 1. The van der Waals surface area contributed by atoms with Gasteiger partial charge in [0.05, 0.1) is 6.61 Å². The van der Waals surface area contributed by atoms with Crippen LogP contribution in [-0.4, -0.2) is 41.8 Å². The average molecular weight is 213 g/mol. The Balaban J connectivity index is 1.75. The number of ether oxygens (including phenoxy) is 1. The van der Waals surface area contributed by atoms with Gasteiger partial charge in [-0.15, -0.1) is 0 Å². The van der Waals surface area contributed by atoms with E-state index in [0.717, 1.165) is 0 Å². The number of carbonyl (C=O) groups is 2. The minimum atomic E-state index is -0.850. The van der Waals surface area contributed by atoms with Crippen molar-refractivity contribution in [3.63, 3.8) is 0 Å². The molecule has 1 saturated heterocycles. The minimum absolute atomic E-state index is 0.154. The summed E-state index contributed by atoms with van der Waals surface area (Å²) in [7, 11) is 0. The van der Waals surface area contributed by atoms with Crippen molar-refractivity contribution in [2.75, 3.05) is 19.7 Å². The van der Waals surface area contributed by atoms with Crippen LogP contribution in [0, 0.1) is 17.8 Å². The highest BCUT2D eigenvalue weighted by Crippen LogP contribution is 2.53. The Morgan fingerprint density at radius 2 is 2.00 bits per heavy atom. The van der Waals surface area contributed by atoms with Gasteiger partial charge in [0, 0.05) is 19.5 Å². The van der Waals surface area contributed by atoms with Gasteiger partial charge < -0.3 is 14.7 Å². The van der Waals surface area contributed by atoms with E-state index < -0.39 is 6.09 Å². The molecular weight excluding hydrogens is 198 g/mol. The molecule has 84 valence electrons. The summed E-state index contributed by atoms with van der Waals surface area (Å²) in [5.41, 5.74) is 0. The highest BCUT2D eigenvalue weighted by molar-refractivity contribution is 5.71. The lowest BCUT2D eigenvalue weighted by molar-refractivity contribution is -0.143. The van der Waals surface area contributed by atoms with Crippen LogP contribution < -0.4 is 0 Å². The van der Waals surface area contributed by atoms with Crippen LogP contribution in [-0.2, 0) is 9.53 Å². The fourth-order valence-corrected chi connectivity index (χ4v) is 2.52. The van der Waals surface area contributed by atoms with E-state index in [9.17, 15) is 9.59 Å². The molecule has 5 nitrogen and oxygen atoms in total. The fraction of sp³-hybridized carbons (Fsp3) is 0.800. The predicted octanol–water partition coefficient (Wildman–Crippen LogP) is 0.795. The van der Waals surface area contributed by atoms with E-state index >= 15 is 0 Å². The zero-order chi connectivity index (χ0) is 11.0. The quantitative estimate of drug-likeness (QED) is 0.704. The lowest BCUT2D eigenvalue weighted by Crippen LogP contribution is -2.30. The van der Waals surface area contributed by atoms with Crippen molar-refractivity contribution in [2.45, 2.75) is 13.3 Å². The van der Waals surface area contributed by atoms with Gasteiger partial charge >= 0.3 is 12.1 Å². The molecule has 1 aliphatic carbocycles. The van der Waals surface area contributed by atoms with E-state index in [1.807, 2.05) is 0 Å². The van der Waals surface area contributed by atoms with E-state index in [4.69, 9.17) is 9.84 Å². The predicted molar refractivity (Wildman–Crippen MR) is 51.3 cm³/mol. The number of hydrogen-bond donors (Lipinski definition) is 1. The van der Waals surface area contributed by atoms with E-state index in [1.165, 1.54) is 4.90 Å². The summed E-state index contributed by atoms with van der Waals surface area (Å²) in [6, 6.07) is 0. The van der Waals surface area contributed by atoms with Gasteiger partial charge in [0.1, 0.15) is 0 Å². The number of carbonyl (C=O) groups excluding carboxylic acids is 1. The lowest BCUT2D eigenvalue weighted by atomic mass is 10.2. The topological polar surface area (TPSA) is 66.8 Å². The van der Waals surface area contributed by atoms with Crippen LogP contribution in [0.4, 0.5) is 4.79 Å². The summed E-state index contributed by atoms with van der Waals surface area (Å²) in [5, 5.41) is 8.74. The molecule has 0 radical (unpaired) electrons. The summed E-state index contributed by atoms with van der Waals surface area (Å²) in [6.07, 6.45) is -0.395. The maximum atomic E-state index is 11.2. The Hall–Kier alpha value is -1.26. The molecule has 0 aromatic heterocycles. The first kappa shape index (κ1) is 10.3. The maximum absolute atomic E-state index is 11.2. The molecule has 5 heteroatoms. The number of esters is 1. The zero-order valence-corrected chi connectivity index (χ0v) is 8.68. The van der Waals surface area contributed by atoms with Crippen molar-refractivity contribution < 1.29 is 19.4 Å². The molecule has 0 spiro atoms. The summed E-state index contributed by atoms with van der Waals surface area (Å²) < 4.78 is 4.86. The van der Waals surface area contributed by atoms with Crippen molar-refractivity contribution in [1.29, 1.82) is 0 Å². The second-order valence-corrected chi connectivity index (χ2v) is 4.19. The standard InChI is InChI=1S/C10H15NO4/c1-2-15-9(12)3-6-7-4-11(10(13)14)5-8(6)7/h6-8H,2-5H2,1H3,(H,13,14)/t6-,7+,8-. The SMILES string of the molecule is CCOC(=O)C[C@H]1[C@H]2CN(C(=O)O)C[C@@H]12. The second-order valence-electron chi connectivity index (χ2n) is 4.19. The Labute approximate surface area is 88.0 Å². The van der Waals surface area contributed by atoms with E-state index in [2.05, 4.69) is 0 Å². The van der Waals surface area contributed by atoms with Crippen molar-refractivity contribution in [3.8, 4) is 0 Å². The van der Waals surface area contributed by atoms with Crippen LogP contribution in [0.1, 0.15) is 13.3 Å². The smallest absolute Gasteiger partial charge is 0.407 e. The van der Waals surface area contributed by atoms with Crippen molar-refractivity contribution in [2.24, 2.45) is 17.8 Å². The van der Waals surface area contributed by atoms with Gasteiger partial charge in [-0.05, 0) is 24.7 Å². The molecule has 2 aliphatic rings. The van der Waals surface area contributed by atoms with E-state index in [0.29, 0.717) is 43.9 Å². The van der Waals surface area contributed by atoms with Gasteiger partial charge in [-0.1, -0.05) is 0 Å². The Kier molecular flexibility index (Phi) is 2.54. The number of rotatable bonds is 3. The van der Waals surface area contributed by atoms with Crippen LogP contribution in [0.3, 0.4) is 0 Å². The van der Waals surface area contributed by atoms with Crippen molar-refractivity contribution in [3.05, 3.63) is 0 Å². The van der Waals surface area contributed by atoms with Gasteiger partial charge in [-0.2, -0.15) is 0 Å². The summed E-state index contributed by atoms with van der Waals surface area (Å²) in [5.74, 6) is 0.995. The summed E-state index contributed by atoms with van der Waals surface area (Å²) >= 11 is 0. The fourth-order valence-electron chi connectivity index (χ4n) is 2.52. The molecule has 2 rings (SSSR count). The molecule has 1 N–H and O–H groups in total. The number of likely N-dealkylation sites (tertiary alicyclic amines) is 1. The minimum Gasteiger partial charge on any atom is -0.466 e. The third-order valence-corrected chi connectivity index (χ3v) is 3.35. The molecule has 1 saturated carbocycles. The van der Waals surface area contributed by atoms with Gasteiger partial charge in [0.25, 0.3) is 0 Å². The first-order chi connectivity index (χ1) is 7.13. The number of fused-ring (bicyclic) bond motifs is 1. The molecule has 2 fully saturated rings. The molecular formula is C10H15NO4. The van der Waals surface area contributed by atoms with Crippen LogP contribution >= 0.6 is 0 Å². The molecule has 1 amide bonds. The molecule has 15 heavy (non-hydrogen) atoms. The summed E-state index contributed by atoms with van der Waals surface area (Å²) in [4.78, 5) is 23.2. The van der Waals surface area contributed by atoms with Crippen LogP contribution in [0.25, 0.3) is 0 Å². The molecule has 0 unspecified atom stereocenters. The first-order valence-electron chi connectivity index (χ1n) is 5.27. The average Bonchev–Trinajstić information content (AvgIpc) is 2.62. The Morgan fingerprint density at radius 1 is 1.40 bits per heavy atom. The highest BCUT2D eigenvalue weighted by atomic mass is 16.5. The van der Waals surface area contributed by atoms with Gasteiger partial charge in [-0.25, -0.2) is 4.79 Å². The highest BCUT2D eigenvalue weighted by Gasteiger charge is 2.57. The van der Waals surface area contributed by atoms with Gasteiger partial charge in [0.2, 0.25) is 0 Å². The van der Waals surface area contributed by atoms with E-state index in [1.54, 1.807) is 6.92 Å². The Morgan fingerprint density at radius 3 is 2.47 bits per heavy atom. The summed E-state index contributed by atoms with van der Waals surface area (Å²) in [6.45, 7) is 3.38. The lowest BCUT2D eigenvalue weighted by Gasteiger charge is -2.15. The molecule has 0 bridgehead atoms. The number of hydrogen-bond acceptors (Lipinski definition) is 3. The van der Waals surface area contributed by atoms with Gasteiger partial charge in [0.15, 0.2) is 0 Å². The molecule has 1 heterocycles.